The summed E-state index contributed by atoms with van der Waals surface area (Å²) in [5.74, 6) is 0.208. The third kappa shape index (κ3) is 2.90. The first kappa shape index (κ1) is 16.6. The van der Waals surface area contributed by atoms with Crippen LogP contribution >= 0.6 is 0 Å². The Morgan fingerprint density at radius 1 is 1.33 bits per heavy atom. The van der Waals surface area contributed by atoms with Gasteiger partial charge in [-0.1, -0.05) is 37.6 Å². The van der Waals surface area contributed by atoms with Crippen molar-refractivity contribution in [3.63, 3.8) is 0 Å². The van der Waals surface area contributed by atoms with Gasteiger partial charge in [0.05, 0.1) is 23.8 Å². The fourth-order valence-electron chi connectivity index (χ4n) is 3.49. The number of benzene rings is 1. The summed E-state index contributed by atoms with van der Waals surface area (Å²) >= 11 is 0. The number of ether oxygens (including phenoxy) is 1. The van der Waals surface area contributed by atoms with Gasteiger partial charge in [0.1, 0.15) is 6.61 Å². The number of allylic oxidation sites excluding steroid dienone is 2. The van der Waals surface area contributed by atoms with E-state index in [4.69, 9.17) is 4.74 Å². The molecular formula is C19H24N2O3. The summed E-state index contributed by atoms with van der Waals surface area (Å²) in [4.78, 5) is 26.1. The molecule has 1 aromatic carbocycles. The van der Waals surface area contributed by atoms with E-state index in [1.54, 1.807) is 4.90 Å². The standard InChI is InChI=1S/C19H24N2O3/c1-12(2)11-13-16(19(13,3)4)17(22)20-14-7-5-6-8-15(14)21-9-10-24-18(21)23/h5-8,11,13,16H,9-10H2,1-4H3,(H,20,22). The molecule has 0 aromatic heterocycles. The summed E-state index contributed by atoms with van der Waals surface area (Å²) in [6.07, 6.45) is 1.81. The molecule has 5 nitrogen and oxygen atoms in total. The summed E-state index contributed by atoms with van der Waals surface area (Å²) < 4.78 is 5.00. The average molecular weight is 328 g/mol. The minimum absolute atomic E-state index is 0.00233. The Morgan fingerprint density at radius 3 is 2.67 bits per heavy atom. The molecule has 24 heavy (non-hydrogen) atoms. The lowest BCUT2D eigenvalue weighted by Crippen LogP contribution is -2.26. The monoisotopic (exact) mass is 328 g/mol. The predicted molar refractivity (Wildman–Crippen MR) is 94.0 cm³/mol. The molecule has 2 amide bonds. The van der Waals surface area contributed by atoms with Gasteiger partial charge in [-0.25, -0.2) is 4.79 Å². The van der Waals surface area contributed by atoms with Gasteiger partial charge in [-0.2, -0.15) is 0 Å². The van der Waals surface area contributed by atoms with Crippen LogP contribution in [0.5, 0.6) is 0 Å². The van der Waals surface area contributed by atoms with Crippen LogP contribution in [0.25, 0.3) is 0 Å². The van der Waals surface area contributed by atoms with Crippen molar-refractivity contribution in [1.29, 1.82) is 0 Å². The van der Waals surface area contributed by atoms with Crippen LogP contribution in [0.15, 0.2) is 35.9 Å². The maximum atomic E-state index is 12.8. The minimum atomic E-state index is -0.370. The normalized spacial score (nSPS) is 24.3. The number of hydrogen-bond donors (Lipinski definition) is 1. The molecule has 1 aromatic rings. The van der Waals surface area contributed by atoms with Gasteiger partial charge in [-0.05, 0) is 37.3 Å². The van der Waals surface area contributed by atoms with E-state index in [9.17, 15) is 9.59 Å². The van der Waals surface area contributed by atoms with Crippen LogP contribution < -0.4 is 10.2 Å². The van der Waals surface area contributed by atoms with Crippen LogP contribution in [-0.4, -0.2) is 25.2 Å². The van der Waals surface area contributed by atoms with Crippen molar-refractivity contribution in [3.05, 3.63) is 35.9 Å². The molecule has 0 spiro atoms. The molecule has 1 aliphatic heterocycles. The topological polar surface area (TPSA) is 58.6 Å². The highest BCUT2D eigenvalue weighted by Gasteiger charge is 2.60. The highest BCUT2D eigenvalue weighted by Crippen LogP contribution is 2.59. The Bertz CT molecular complexity index is 704. The molecule has 1 saturated carbocycles. The second-order valence-corrected chi connectivity index (χ2v) is 7.34. The molecule has 5 heteroatoms. The van der Waals surface area contributed by atoms with E-state index in [0.29, 0.717) is 24.5 Å². The van der Waals surface area contributed by atoms with Gasteiger partial charge >= 0.3 is 6.09 Å². The number of nitrogens with one attached hydrogen (secondary N) is 1. The first-order chi connectivity index (χ1) is 11.3. The summed E-state index contributed by atoms with van der Waals surface area (Å²) in [7, 11) is 0. The Balaban J connectivity index is 1.79. The molecule has 1 N–H and O–H groups in total. The van der Waals surface area contributed by atoms with Crippen molar-refractivity contribution in [1.82, 2.24) is 0 Å². The number of nitrogens with zero attached hydrogens (tertiary/aromatic N) is 1. The van der Waals surface area contributed by atoms with E-state index in [1.807, 2.05) is 24.3 Å². The molecule has 2 atom stereocenters. The van der Waals surface area contributed by atoms with Crippen LogP contribution in [0, 0.1) is 17.3 Å². The number of cyclic esters (lactones) is 1. The molecule has 3 rings (SSSR count). The van der Waals surface area contributed by atoms with Gasteiger partial charge in [0.25, 0.3) is 0 Å². The molecule has 2 unspecified atom stereocenters. The zero-order chi connectivity index (χ0) is 17.5. The summed E-state index contributed by atoms with van der Waals surface area (Å²) in [6, 6.07) is 7.35. The first-order valence-corrected chi connectivity index (χ1v) is 8.31. The third-order valence-corrected chi connectivity index (χ3v) is 4.92. The second-order valence-electron chi connectivity index (χ2n) is 7.34. The van der Waals surface area contributed by atoms with Crippen LogP contribution in [0.2, 0.25) is 0 Å². The predicted octanol–water partition coefficient (Wildman–Crippen LogP) is 3.82. The van der Waals surface area contributed by atoms with Crippen LogP contribution in [-0.2, 0) is 9.53 Å². The number of amides is 2. The van der Waals surface area contributed by atoms with Gasteiger partial charge in [-0.3, -0.25) is 9.69 Å². The quantitative estimate of drug-likeness (QED) is 0.855. The average Bonchev–Trinajstić information content (AvgIpc) is 2.83. The number of carbonyl (C=O) groups excluding carboxylic acids is 2. The number of carbonyl (C=O) groups is 2. The van der Waals surface area contributed by atoms with Gasteiger partial charge in [0.15, 0.2) is 0 Å². The molecule has 2 aliphatic rings. The number of hydrogen-bond acceptors (Lipinski definition) is 3. The van der Waals surface area contributed by atoms with Crippen molar-refractivity contribution in [2.24, 2.45) is 17.3 Å². The van der Waals surface area contributed by atoms with Gasteiger partial charge in [0, 0.05) is 0 Å². The van der Waals surface area contributed by atoms with Gasteiger partial charge in [0.2, 0.25) is 5.91 Å². The third-order valence-electron chi connectivity index (χ3n) is 4.92. The highest BCUT2D eigenvalue weighted by atomic mass is 16.6. The van der Waals surface area contributed by atoms with Crippen LogP contribution in [0.4, 0.5) is 16.2 Å². The lowest BCUT2D eigenvalue weighted by atomic mass is 10.1. The van der Waals surface area contributed by atoms with Crippen LogP contribution in [0.1, 0.15) is 27.7 Å². The summed E-state index contributed by atoms with van der Waals surface area (Å²) in [5.41, 5.74) is 2.53. The van der Waals surface area contributed by atoms with Crippen molar-refractivity contribution in [3.8, 4) is 0 Å². The Labute approximate surface area is 142 Å². The molecular weight excluding hydrogens is 304 g/mol. The Hall–Kier alpha value is -2.30. The van der Waals surface area contributed by atoms with E-state index in [1.165, 1.54) is 5.57 Å². The first-order valence-electron chi connectivity index (χ1n) is 8.31. The van der Waals surface area contributed by atoms with Crippen molar-refractivity contribution < 1.29 is 14.3 Å². The second kappa shape index (κ2) is 5.96. The van der Waals surface area contributed by atoms with Crippen LogP contribution in [0.3, 0.4) is 0 Å². The lowest BCUT2D eigenvalue weighted by Gasteiger charge is -2.18. The SMILES string of the molecule is CC(C)=CC1C(C(=O)Nc2ccccc2N2CCOC2=O)C1(C)C. The lowest BCUT2D eigenvalue weighted by molar-refractivity contribution is -0.118. The van der Waals surface area contributed by atoms with Gasteiger partial charge < -0.3 is 10.1 Å². The smallest absolute Gasteiger partial charge is 0.414 e. The molecule has 0 radical (unpaired) electrons. The summed E-state index contributed by atoms with van der Waals surface area (Å²) in [6.45, 7) is 9.21. The Morgan fingerprint density at radius 2 is 2.04 bits per heavy atom. The fourth-order valence-corrected chi connectivity index (χ4v) is 3.49. The van der Waals surface area contributed by atoms with E-state index in [0.717, 1.165) is 0 Å². The van der Waals surface area contributed by atoms with E-state index >= 15 is 0 Å². The minimum Gasteiger partial charge on any atom is -0.447 e. The largest absolute Gasteiger partial charge is 0.447 e. The maximum absolute atomic E-state index is 12.8. The molecule has 2 fully saturated rings. The zero-order valence-corrected chi connectivity index (χ0v) is 14.6. The van der Waals surface area contributed by atoms with Crippen molar-refractivity contribution in [2.45, 2.75) is 27.7 Å². The van der Waals surface area contributed by atoms with E-state index in [2.05, 4.69) is 39.1 Å². The number of rotatable bonds is 4. The van der Waals surface area contributed by atoms with E-state index in [-0.39, 0.29) is 29.3 Å². The Kier molecular flexibility index (Phi) is 4.11. The maximum Gasteiger partial charge on any atom is 0.414 e. The molecule has 1 saturated heterocycles. The molecule has 1 aliphatic carbocycles. The van der Waals surface area contributed by atoms with E-state index < -0.39 is 0 Å². The molecule has 1 heterocycles. The zero-order valence-electron chi connectivity index (χ0n) is 14.6. The number of para-hydroxylation sites is 2. The number of anilines is 2. The van der Waals surface area contributed by atoms with Crippen molar-refractivity contribution >= 4 is 23.4 Å². The molecule has 128 valence electrons. The fraction of sp³-hybridized carbons (Fsp3) is 0.474. The summed E-state index contributed by atoms with van der Waals surface area (Å²) in [5, 5.41) is 3.01. The molecule has 0 bridgehead atoms. The van der Waals surface area contributed by atoms with Gasteiger partial charge in [-0.15, -0.1) is 0 Å². The van der Waals surface area contributed by atoms with Crippen molar-refractivity contribution in [2.75, 3.05) is 23.4 Å². The highest BCUT2D eigenvalue weighted by molar-refractivity contribution is 6.01.